The van der Waals surface area contributed by atoms with Gasteiger partial charge in [-0.3, -0.25) is 0 Å². The van der Waals surface area contributed by atoms with E-state index >= 15 is 0 Å². The minimum Gasteiger partial charge on any atom is -0.367 e. The van der Waals surface area contributed by atoms with Crippen LogP contribution in [-0.4, -0.2) is 29.1 Å². The van der Waals surface area contributed by atoms with Gasteiger partial charge in [0, 0.05) is 10.9 Å². The van der Waals surface area contributed by atoms with Gasteiger partial charge in [0.15, 0.2) is 0 Å². The molecule has 0 radical (unpaired) electrons. The molecule has 0 saturated carbocycles. The second-order valence-electron chi connectivity index (χ2n) is 5.21. The van der Waals surface area contributed by atoms with E-state index in [1.54, 1.807) is 17.7 Å². The van der Waals surface area contributed by atoms with Crippen molar-refractivity contribution in [3.63, 3.8) is 0 Å². The van der Waals surface area contributed by atoms with Gasteiger partial charge in [-0.2, -0.15) is 0 Å². The molecule has 1 aliphatic heterocycles. The number of aromatic nitrogens is 2. The number of nitrogens with zero attached hydrogens (tertiary/aromatic N) is 2. The van der Waals surface area contributed by atoms with Crippen molar-refractivity contribution in [1.29, 1.82) is 0 Å². The first-order valence-electron chi connectivity index (χ1n) is 6.93. The van der Waals surface area contributed by atoms with Gasteiger partial charge in [0.2, 0.25) is 0 Å². The lowest BCUT2D eigenvalue weighted by atomic mass is 10.1. The Morgan fingerprint density at radius 3 is 3.05 bits per heavy atom. The van der Waals surface area contributed by atoms with Crippen LogP contribution in [0.2, 0.25) is 0 Å². The van der Waals surface area contributed by atoms with Crippen LogP contribution in [0.1, 0.15) is 29.7 Å². The molecule has 19 heavy (non-hydrogen) atoms. The van der Waals surface area contributed by atoms with Crippen LogP contribution in [0.15, 0.2) is 6.33 Å². The zero-order valence-electron chi connectivity index (χ0n) is 11.5. The molecule has 1 saturated heterocycles. The number of aryl methyl sites for hydroxylation is 2. The van der Waals surface area contributed by atoms with Crippen molar-refractivity contribution in [2.24, 2.45) is 0 Å². The summed E-state index contributed by atoms with van der Waals surface area (Å²) in [7, 11) is 0. The molecule has 0 spiro atoms. The Kier molecular flexibility index (Phi) is 3.66. The smallest absolute Gasteiger partial charge is 0.138 e. The van der Waals surface area contributed by atoms with Gasteiger partial charge < -0.3 is 10.6 Å². The van der Waals surface area contributed by atoms with Gasteiger partial charge >= 0.3 is 0 Å². The summed E-state index contributed by atoms with van der Waals surface area (Å²) in [5.41, 5.74) is 1.31. The molecule has 1 aliphatic rings. The van der Waals surface area contributed by atoms with Crippen LogP contribution >= 0.6 is 11.3 Å². The van der Waals surface area contributed by atoms with Crippen molar-refractivity contribution >= 4 is 27.4 Å². The fraction of sp³-hybridized carbons (Fsp3) is 0.571. The molecule has 1 unspecified atom stereocenters. The molecule has 0 aromatic carbocycles. The third kappa shape index (κ3) is 2.58. The number of rotatable bonds is 2. The second-order valence-corrected chi connectivity index (χ2v) is 6.41. The van der Waals surface area contributed by atoms with E-state index in [0.717, 1.165) is 30.2 Å². The molecule has 3 rings (SSSR count). The molecule has 0 amide bonds. The zero-order valence-corrected chi connectivity index (χ0v) is 12.3. The van der Waals surface area contributed by atoms with Crippen LogP contribution in [0.3, 0.4) is 0 Å². The van der Waals surface area contributed by atoms with Crippen molar-refractivity contribution in [3.8, 4) is 0 Å². The van der Waals surface area contributed by atoms with E-state index in [0.29, 0.717) is 6.04 Å². The summed E-state index contributed by atoms with van der Waals surface area (Å²) in [6, 6.07) is 0.521. The fourth-order valence-corrected chi connectivity index (χ4v) is 3.65. The summed E-state index contributed by atoms with van der Waals surface area (Å²) in [6.45, 7) is 6.54. The number of anilines is 1. The van der Waals surface area contributed by atoms with Crippen molar-refractivity contribution in [2.75, 3.05) is 18.4 Å². The number of hydrogen-bond acceptors (Lipinski definition) is 5. The van der Waals surface area contributed by atoms with Gasteiger partial charge in [-0.1, -0.05) is 0 Å². The molecule has 102 valence electrons. The van der Waals surface area contributed by atoms with Crippen molar-refractivity contribution in [3.05, 3.63) is 16.8 Å². The normalized spacial score (nSPS) is 20.4. The van der Waals surface area contributed by atoms with Gasteiger partial charge in [0.1, 0.15) is 17.0 Å². The number of nitrogens with one attached hydrogen (secondary N) is 2. The maximum atomic E-state index is 4.47. The average molecular weight is 276 g/mol. The summed E-state index contributed by atoms with van der Waals surface area (Å²) in [5, 5.41) is 8.29. The lowest BCUT2D eigenvalue weighted by Crippen LogP contribution is -2.22. The number of fused-ring (bicyclic) bond motifs is 1. The summed E-state index contributed by atoms with van der Waals surface area (Å²) < 4.78 is 0. The Morgan fingerprint density at radius 2 is 2.16 bits per heavy atom. The maximum absolute atomic E-state index is 4.47. The molecule has 1 atom stereocenters. The molecule has 0 aliphatic carbocycles. The summed E-state index contributed by atoms with van der Waals surface area (Å²) >= 11 is 1.76. The first-order valence-corrected chi connectivity index (χ1v) is 7.75. The largest absolute Gasteiger partial charge is 0.367 e. The molecular formula is C14H20N4S. The Bertz CT molecular complexity index is 570. The number of thiophene rings is 1. The van der Waals surface area contributed by atoms with E-state index in [4.69, 9.17) is 0 Å². The van der Waals surface area contributed by atoms with E-state index in [-0.39, 0.29) is 0 Å². The highest BCUT2D eigenvalue weighted by Gasteiger charge is 2.16. The van der Waals surface area contributed by atoms with Crippen molar-refractivity contribution < 1.29 is 0 Å². The SMILES string of the molecule is Cc1sc2ncnc(NC3CCCNCC3)c2c1C. The third-order valence-corrected chi connectivity index (χ3v) is 5.00. The highest BCUT2D eigenvalue weighted by molar-refractivity contribution is 7.18. The molecule has 1 fully saturated rings. The predicted molar refractivity (Wildman–Crippen MR) is 81.0 cm³/mol. The molecule has 2 N–H and O–H groups in total. The van der Waals surface area contributed by atoms with E-state index in [9.17, 15) is 0 Å². The van der Waals surface area contributed by atoms with Crippen LogP contribution in [0.25, 0.3) is 10.2 Å². The summed E-state index contributed by atoms with van der Waals surface area (Å²) in [4.78, 5) is 11.3. The molecule has 2 aromatic heterocycles. The minimum absolute atomic E-state index is 0.521. The van der Waals surface area contributed by atoms with Crippen molar-refractivity contribution in [1.82, 2.24) is 15.3 Å². The van der Waals surface area contributed by atoms with Crippen molar-refractivity contribution in [2.45, 2.75) is 39.2 Å². The van der Waals surface area contributed by atoms with Crippen LogP contribution in [0.4, 0.5) is 5.82 Å². The topological polar surface area (TPSA) is 49.8 Å². The zero-order chi connectivity index (χ0) is 13.2. The maximum Gasteiger partial charge on any atom is 0.138 e. The number of hydrogen-bond donors (Lipinski definition) is 2. The van der Waals surface area contributed by atoms with E-state index in [2.05, 4.69) is 34.4 Å². The molecule has 4 nitrogen and oxygen atoms in total. The lowest BCUT2D eigenvalue weighted by molar-refractivity contribution is 0.635. The van der Waals surface area contributed by atoms with Crippen LogP contribution in [-0.2, 0) is 0 Å². The first-order chi connectivity index (χ1) is 9.25. The Morgan fingerprint density at radius 1 is 1.26 bits per heavy atom. The highest BCUT2D eigenvalue weighted by Crippen LogP contribution is 2.33. The molecule has 0 bridgehead atoms. The molecule has 2 aromatic rings. The van der Waals surface area contributed by atoms with E-state index < -0.39 is 0 Å². The second kappa shape index (κ2) is 5.43. The third-order valence-electron chi connectivity index (χ3n) is 3.88. The first kappa shape index (κ1) is 12.8. The highest BCUT2D eigenvalue weighted by atomic mass is 32.1. The van der Waals surface area contributed by atoms with Crippen LogP contribution < -0.4 is 10.6 Å². The predicted octanol–water partition coefficient (Wildman–Crippen LogP) is 2.86. The monoisotopic (exact) mass is 276 g/mol. The van der Waals surface area contributed by atoms with E-state index in [1.807, 2.05) is 0 Å². The standard InChI is InChI=1S/C14H20N4S/c1-9-10(2)19-14-12(9)13(16-8-17-14)18-11-4-3-6-15-7-5-11/h8,11,15H,3-7H2,1-2H3,(H,16,17,18). The lowest BCUT2D eigenvalue weighted by Gasteiger charge is -2.17. The van der Waals surface area contributed by atoms with Crippen LogP contribution in [0, 0.1) is 13.8 Å². The van der Waals surface area contributed by atoms with Gasteiger partial charge in [0.25, 0.3) is 0 Å². The van der Waals surface area contributed by atoms with Gasteiger partial charge in [0.05, 0.1) is 5.39 Å². The van der Waals surface area contributed by atoms with Gasteiger partial charge in [-0.05, 0) is 51.8 Å². The average Bonchev–Trinajstić information content (AvgIpc) is 2.59. The summed E-state index contributed by atoms with van der Waals surface area (Å²) in [5.74, 6) is 1.01. The quantitative estimate of drug-likeness (QED) is 0.885. The van der Waals surface area contributed by atoms with Crippen LogP contribution in [0.5, 0.6) is 0 Å². The fourth-order valence-electron chi connectivity index (χ4n) is 2.65. The van der Waals surface area contributed by atoms with Gasteiger partial charge in [-0.15, -0.1) is 11.3 Å². The van der Waals surface area contributed by atoms with E-state index in [1.165, 1.54) is 28.7 Å². The minimum atomic E-state index is 0.521. The van der Waals surface area contributed by atoms with Gasteiger partial charge in [-0.25, -0.2) is 9.97 Å². The summed E-state index contributed by atoms with van der Waals surface area (Å²) in [6.07, 6.45) is 5.27. The molecule has 3 heterocycles. The Labute approximate surface area is 117 Å². The Balaban J connectivity index is 1.91. The molecule has 5 heteroatoms. The Hall–Kier alpha value is -1.20. The molecular weight excluding hydrogens is 256 g/mol.